The lowest BCUT2D eigenvalue weighted by molar-refractivity contribution is -0.140. The number of methoxy groups -OCH3 is 1. The molecule has 0 aliphatic heterocycles. The minimum absolute atomic E-state index is 0.124. The molecule has 0 saturated heterocycles. The smallest absolute Gasteiger partial charge is 0.305 e. The van der Waals surface area contributed by atoms with Crippen LogP contribution >= 0.6 is 0 Å². The van der Waals surface area contributed by atoms with Gasteiger partial charge in [-0.1, -0.05) is 68.4 Å². The second-order valence-electron chi connectivity index (χ2n) is 5.56. The summed E-state index contributed by atoms with van der Waals surface area (Å²) in [6, 6.07) is 0. The fourth-order valence-electron chi connectivity index (χ4n) is 2.03. The van der Waals surface area contributed by atoms with Gasteiger partial charge in [0, 0.05) is 6.42 Å². The molecule has 23 heavy (non-hydrogen) atoms. The number of unbranched alkanes of at least 4 members (excludes halogenated alkanes) is 4. The molecule has 0 aromatic carbocycles. The topological polar surface area (TPSA) is 26.3 Å². The Kier molecular flexibility index (Phi) is 17.2. The first-order valence-corrected chi connectivity index (χ1v) is 8.98. The van der Waals surface area contributed by atoms with E-state index in [1.54, 1.807) is 0 Å². The highest BCUT2D eigenvalue weighted by Crippen LogP contribution is 2.01. The van der Waals surface area contributed by atoms with Crippen molar-refractivity contribution in [3.63, 3.8) is 0 Å². The summed E-state index contributed by atoms with van der Waals surface area (Å²) in [4.78, 5) is 10.9. The van der Waals surface area contributed by atoms with Gasteiger partial charge in [-0.15, -0.1) is 0 Å². The maximum Gasteiger partial charge on any atom is 0.305 e. The van der Waals surface area contributed by atoms with Crippen molar-refractivity contribution in [2.75, 3.05) is 7.11 Å². The molecule has 0 aliphatic rings. The van der Waals surface area contributed by atoms with Gasteiger partial charge >= 0.3 is 5.97 Å². The molecule has 0 radical (unpaired) electrons. The van der Waals surface area contributed by atoms with Gasteiger partial charge in [0.05, 0.1) is 7.11 Å². The summed E-state index contributed by atoms with van der Waals surface area (Å²) >= 11 is 0. The van der Waals surface area contributed by atoms with E-state index in [0.717, 1.165) is 32.1 Å². The number of esters is 1. The standard InChI is InChI=1S/C21H34O2/c1-3-4-5-6-7-8-9-10-11-12-13-14-15-16-17-18-19-20-21(22)23-2/h7-8,10-11,13-14,16-17H,3-6,9,12,15,18-20H2,1-2H3/b8-7+,11-10+,14-13-,17-16+. The first kappa shape index (κ1) is 21.4. The van der Waals surface area contributed by atoms with Crippen LogP contribution in [0.5, 0.6) is 0 Å². The molecule has 0 atom stereocenters. The fraction of sp³-hybridized carbons (Fsp3) is 0.571. The second kappa shape index (κ2) is 18.5. The highest BCUT2D eigenvalue weighted by Gasteiger charge is 1.96. The molecule has 130 valence electrons. The predicted octanol–water partition coefficient (Wildman–Crippen LogP) is 6.31. The van der Waals surface area contributed by atoms with Gasteiger partial charge in [0.2, 0.25) is 0 Å². The van der Waals surface area contributed by atoms with Crippen molar-refractivity contribution in [1.82, 2.24) is 0 Å². The van der Waals surface area contributed by atoms with Crippen LogP contribution in [0, 0.1) is 0 Å². The lowest BCUT2D eigenvalue weighted by Crippen LogP contribution is -1.98. The van der Waals surface area contributed by atoms with E-state index in [1.165, 1.54) is 32.8 Å². The van der Waals surface area contributed by atoms with Crippen molar-refractivity contribution in [2.24, 2.45) is 0 Å². The van der Waals surface area contributed by atoms with Crippen molar-refractivity contribution in [3.05, 3.63) is 48.6 Å². The van der Waals surface area contributed by atoms with E-state index >= 15 is 0 Å². The second-order valence-corrected chi connectivity index (χ2v) is 5.56. The molecule has 0 N–H and O–H groups in total. The Labute approximate surface area is 143 Å². The number of hydrogen-bond donors (Lipinski definition) is 0. The van der Waals surface area contributed by atoms with Gasteiger partial charge in [0.1, 0.15) is 0 Å². The largest absolute Gasteiger partial charge is 0.469 e. The van der Waals surface area contributed by atoms with Gasteiger partial charge in [0.25, 0.3) is 0 Å². The van der Waals surface area contributed by atoms with Crippen LogP contribution in [0.2, 0.25) is 0 Å². The summed E-state index contributed by atoms with van der Waals surface area (Å²) in [7, 11) is 1.43. The van der Waals surface area contributed by atoms with E-state index in [0.29, 0.717) is 6.42 Å². The average molecular weight is 319 g/mol. The van der Waals surface area contributed by atoms with Crippen molar-refractivity contribution >= 4 is 5.97 Å². The predicted molar refractivity (Wildman–Crippen MR) is 100 cm³/mol. The van der Waals surface area contributed by atoms with Crippen molar-refractivity contribution in [2.45, 2.75) is 71.1 Å². The highest BCUT2D eigenvalue weighted by molar-refractivity contribution is 5.69. The molecular formula is C21H34O2. The molecule has 2 heteroatoms. The van der Waals surface area contributed by atoms with E-state index < -0.39 is 0 Å². The first-order chi connectivity index (χ1) is 11.3. The summed E-state index contributed by atoms with van der Waals surface area (Å²) < 4.78 is 4.59. The lowest BCUT2D eigenvalue weighted by atomic mass is 10.2. The quantitative estimate of drug-likeness (QED) is 0.213. The lowest BCUT2D eigenvalue weighted by Gasteiger charge is -1.95. The van der Waals surface area contributed by atoms with Gasteiger partial charge in [0.15, 0.2) is 0 Å². The van der Waals surface area contributed by atoms with Gasteiger partial charge in [-0.2, -0.15) is 0 Å². The molecule has 2 nitrogen and oxygen atoms in total. The molecular weight excluding hydrogens is 284 g/mol. The van der Waals surface area contributed by atoms with Gasteiger partial charge in [-0.3, -0.25) is 4.79 Å². The van der Waals surface area contributed by atoms with Crippen LogP contribution in [0.4, 0.5) is 0 Å². The number of rotatable bonds is 14. The first-order valence-electron chi connectivity index (χ1n) is 8.98. The van der Waals surface area contributed by atoms with Crippen LogP contribution in [0.15, 0.2) is 48.6 Å². The molecule has 0 fully saturated rings. The zero-order valence-electron chi connectivity index (χ0n) is 15.0. The molecule has 0 spiro atoms. The number of allylic oxidation sites excluding steroid dienone is 8. The van der Waals surface area contributed by atoms with Crippen molar-refractivity contribution in [3.8, 4) is 0 Å². The Bertz CT molecular complexity index is 375. The van der Waals surface area contributed by atoms with Crippen LogP contribution in [-0.2, 0) is 9.53 Å². The zero-order valence-corrected chi connectivity index (χ0v) is 15.0. The molecule has 0 heterocycles. The third kappa shape index (κ3) is 18.4. The maximum atomic E-state index is 10.9. The van der Waals surface area contributed by atoms with Crippen molar-refractivity contribution in [1.29, 1.82) is 0 Å². The summed E-state index contributed by atoms with van der Waals surface area (Å²) in [5.41, 5.74) is 0. The number of hydrogen-bond acceptors (Lipinski definition) is 2. The summed E-state index contributed by atoms with van der Waals surface area (Å²) in [6.07, 6.45) is 28.1. The van der Waals surface area contributed by atoms with E-state index in [9.17, 15) is 4.79 Å². The van der Waals surface area contributed by atoms with Crippen LogP contribution < -0.4 is 0 Å². The molecule has 0 rings (SSSR count). The molecule has 0 aromatic heterocycles. The summed E-state index contributed by atoms with van der Waals surface area (Å²) in [5, 5.41) is 0. The van der Waals surface area contributed by atoms with E-state index in [4.69, 9.17) is 0 Å². The zero-order chi connectivity index (χ0) is 17.0. The normalized spacial score (nSPS) is 12.3. The molecule has 0 bridgehead atoms. The van der Waals surface area contributed by atoms with Gasteiger partial charge in [-0.25, -0.2) is 0 Å². The minimum atomic E-state index is -0.124. The molecule has 0 amide bonds. The van der Waals surface area contributed by atoms with E-state index in [2.05, 4.69) is 60.3 Å². The van der Waals surface area contributed by atoms with Crippen LogP contribution in [-0.4, -0.2) is 13.1 Å². The Balaban J connectivity index is 3.42. The average Bonchev–Trinajstić information content (AvgIpc) is 2.57. The van der Waals surface area contributed by atoms with Crippen molar-refractivity contribution < 1.29 is 9.53 Å². The number of carbonyl (C=O) groups is 1. The molecule has 0 unspecified atom stereocenters. The van der Waals surface area contributed by atoms with E-state index in [1.807, 2.05) is 0 Å². The number of ether oxygens (including phenoxy) is 1. The maximum absolute atomic E-state index is 10.9. The van der Waals surface area contributed by atoms with Crippen LogP contribution in [0.1, 0.15) is 71.1 Å². The number of carbonyl (C=O) groups excluding carboxylic acids is 1. The monoisotopic (exact) mass is 318 g/mol. The molecule has 0 aliphatic carbocycles. The van der Waals surface area contributed by atoms with Gasteiger partial charge in [-0.05, 0) is 44.9 Å². The Morgan fingerprint density at radius 2 is 1.22 bits per heavy atom. The van der Waals surface area contributed by atoms with Gasteiger partial charge < -0.3 is 4.74 Å². The summed E-state index contributed by atoms with van der Waals surface area (Å²) in [6.45, 7) is 2.24. The summed E-state index contributed by atoms with van der Waals surface area (Å²) in [5.74, 6) is -0.124. The third-order valence-corrected chi connectivity index (χ3v) is 3.44. The Hall–Kier alpha value is -1.57. The molecule has 0 aromatic rings. The minimum Gasteiger partial charge on any atom is -0.469 e. The Morgan fingerprint density at radius 1 is 0.739 bits per heavy atom. The van der Waals surface area contributed by atoms with E-state index in [-0.39, 0.29) is 5.97 Å². The van der Waals surface area contributed by atoms with Crippen LogP contribution in [0.25, 0.3) is 0 Å². The SMILES string of the molecule is CCCCC/C=C/C/C=C/C/C=C\C/C=C/CCCC(=O)OC. The highest BCUT2D eigenvalue weighted by atomic mass is 16.5. The third-order valence-electron chi connectivity index (χ3n) is 3.44. The molecule has 0 saturated carbocycles. The Morgan fingerprint density at radius 3 is 1.70 bits per heavy atom. The fourth-order valence-corrected chi connectivity index (χ4v) is 2.03. The van der Waals surface area contributed by atoms with Crippen LogP contribution in [0.3, 0.4) is 0 Å².